The molecule has 0 aromatic heterocycles. The molecule has 0 saturated carbocycles. The largest absolute Gasteiger partial charge is 0.339 e. The number of amides is 1. The van der Waals surface area contributed by atoms with Gasteiger partial charge in [0.15, 0.2) is 0 Å². The van der Waals surface area contributed by atoms with Crippen LogP contribution in [-0.4, -0.2) is 23.9 Å². The summed E-state index contributed by atoms with van der Waals surface area (Å²) in [6, 6.07) is 4.59. The number of likely N-dealkylation sites (tertiary alicyclic amines) is 1. The lowest BCUT2D eigenvalue weighted by molar-refractivity contribution is 0.0684. The Morgan fingerprint density at radius 1 is 1.44 bits per heavy atom. The Bertz CT molecular complexity index is 441. The molecule has 1 aliphatic heterocycles. The number of carbonyl (C=O) groups excluding carboxylic acids is 1. The van der Waals surface area contributed by atoms with E-state index in [4.69, 9.17) is 0 Å². The second-order valence-corrected chi connectivity index (χ2v) is 5.68. The number of carbonyl (C=O) groups is 1. The summed E-state index contributed by atoms with van der Waals surface area (Å²) < 4.78 is 14.4. The molecule has 2 nitrogen and oxygen atoms in total. The molecule has 1 heterocycles. The van der Waals surface area contributed by atoms with Crippen molar-refractivity contribution >= 4 is 21.8 Å². The third kappa shape index (κ3) is 2.91. The standard InChI is InChI=1S/C14H17BrFNO/c1-2-10-5-7-17(8-6-10)14(18)12-4-3-11(15)9-13(12)16/h3-4,9-10H,2,5-8H2,1H3. The average Bonchev–Trinajstić information content (AvgIpc) is 2.38. The van der Waals surface area contributed by atoms with E-state index in [2.05, 4.69) is 22.9 Å². The zero-order valence-corrected chi connectivity index (χ0v) is 12.0. The van der Waals surface area contributed by atoms with Gasteiger partial charge in [-0.05, 0) is 37.0 Å². The first-order chi connectivity index (χ1) is 8.61. The Hall–Kier alpha value is -0.900. The maximum absolute atomic E-state index is 13.7. The van der Waals surface area contributed by atoms with Gasteiger partial charge in [-0.3, -0.25) is 4.79 Å². The van der Waals surface area contributed by atoms with Gasteiger partial charge in [0.25, 0.3) is 5.91 Å². The van der Waals surface area contributed by atoms with Crippen LogP contribution in [0.15, 0.2) is 22.7 Å². The van der Waals surface area contributed by atoms with Crippen LogP contribution in [0, 0.1) is 11.7 Å². The van der Waals surface area contributed by atoms with Gasteiger partial charge in [-0.2, -0.15) is 0 Å². The van der Waals surface area contributed by atoms with Gasteiger partial charge in [0.05, 0.1) is 5.56 Å². The van der Waals surface area contributed by atoms with Crippen LogP contribution in [0.2, 0.25) is 0 Å². The highest BCUT2D eigenvalue weighted by atomic mass is 79.9. The first-order valence-electron chi connectivity index (χ1n) is 6.36. The summed E-state index contributed by atoms with van der Waals surface area (Å²) in [6.45, 7) is 3.66. The topological polar surface area (TPSA) is 20.3 Å². The Labute approximate surface area is 115 Å². The van der Waals surface area contributed by atoms with Crippen molar-refractivity contribution in [2.24, 2.45) is 5.92 Å². The molecule has 98 valence electrons. The fourth-order valence-corrected chi connectivity index (χ4v) is 2.71. The predicted molar refractivity (Wildman–Crippen MR) is 73.0 cm³/mol. The van der Waals surface area contributed by atoms with Crippen LogP contribution >= 0.6 is 15.9 Å². The van der Waals surface area contributed by atoms with Crippen molar-refractivity contribution in [1.29, 1.82) is 0 Å². The Morgan fingerprint density at radius 2 is 2.11 bits per heavy atom. The van der Waals surface area contributed by atoms with Crippen LogP contribution in [0.5, 0.6) is 0 Å². The van der Waals surface area contributed by atoms with E-state index in [1.165, 1.54) is 6.07 Å². The molecule has 1 saturated heterocycles. The number of rotatable bonds is 2. The summed E-state index contributed by atoms with van der Waals surface area (Å²) in [5, 5.41) is 0. The quantitative estimate of drug-likeness (QED) is 0.812. The highest BCUT2D eigenvalue weighted by Crippen LogP contribution is 2.23. The Kier molecular flexibility index (Phi) is 4.38. The maximum Gasteiger partial charge on any atom is 0.256 e. The highest BCUT2D eigenvalue weighted by Gasteiger charge is 2.24. The smallest absolute Gasteiger partial charge is 0.256 e. The molecule has 0 N–H and O–H groups in total. The number of benzene rings is 1. The molecular formula is C14H17BrFNO. The molecule has 4 heteroatoms. The average molecular weight is 314 g/mol. The molecule has 2 rings (SSSR count). The van der Waals surface area contributed by atoms with E-state index in [1.54, 1.807) is 17.0 Å². The monoisotopic (exact) mass is 313 g/mol. The van der Waals surface area contributed by atoms with E-state index >= 15 is 0 Å². The van der Waals surface area contributed by atoms with Crippen molar-refractivity contribution in [1.82, 2.24) is 4.90 Å². The van der Waals surface area contributed by atoms with E-state index < -0.39 is 5.82 Å². The van der Waals surface area contributed by atoms with Crippen molar-refractivity contribution < 1.29 is 9.18 Å². The van der Waals surface area contributed by atoms with Crippen LogP contribution in [0.1, 0.15) is 36.5 Å². The molecule has 18 heavy (non-hydrogen) atoms. The molecule has 0 radical (unpaired) electrons. The Balaban J connectivity index is 2.08. The molecule has 0 bridgehead atoms. The van der Waals surface area contributed by atoms with Gasteiger partial charge in [0.1, 0.15) is 5.82 Å². The van der Waals surface area contributed by atoms with Crippen LogP contribution in [0.3, 0.4) is 0 Å². The van der Waals surface area contributed by atoms with Crippen LogP contribution in [-0.2, 0) is 0 Å². The summed E-state index contributed by atoms with van der Waals surface area (Å²) in [5.74, 6) is 0.0744. The lowest BCUT2D eigenvalue weighted by Crippen LogP contribution is -2.38. The van der Waals surface area contributed by atoms with Crippen molar-refractivity contribution in [2.75, 3.05) is 13.1 Å². The normalized spacial score (nSPS) is 16.9. The third-order valence-electron chi connectivity index (χ3n) is 3.64. The van der Waals surface area contributed by atoms with Crippen molar-refractivity contribution in [2.45, 2.75) is 26.2 Å². The molecule has 0 unspecified atom stereocenters. The van der Waals surface area contributed by atoms with E-state index in [-0.39, 0.29) is 11.5 Å². The molecule has 1 aromatic carbocycles. The fourth-order valence-electron chi connectivity index (χ4n) is 2.38. The zero-order valence-electron chi connectivity index (χ0n) is 10.5. The minimum absolute atomic E-state index is 0.174. The fraction of sp³-hybridized carbons (Fsp3) is 0.500. The molecular weight excluding hydrogens is 297 g/mol. The lowest BCUT2D eigenvalue weighted by atomic mass is 9.94. The van der Waals surface area contributed by atoms with Gasteiger partial charge in [0, 0.05) is 17.6 Å². The number of halogens is 2. The van der Waals surface area contributed by atoms with E-state index in [9.17, 15) is 9.18 Å². The molecule has 1 fully saturated rings. The summed E-state index contributed by atoms with van der Waals surface area (Å²) in [6.07, 6.45) is 3.22. The number of nitrogens with zero attached hydrogens (tertiary/aromatic N) is 1. The van der Waals surface area contributed by atoms with Gasteiger partial charge in [-0.25, -0.2) is 4.39 Å². The van der Waals surface area contributed by atoms with Gasteiger partial charge in [0.2, 0.25) is 0 Å². The molecule has 0 aliphatic carbocycles. The van der Waals surface area contributed by atoms with Crippen LogP contribution in [0.25, 0.3) is 0 Å². The summed E-state index contributed by atoms with van der Waals surface area (Å²) in [4.78, 5) is 14.0. The number of hydrogen-bond acceptors (Lipinski definition) is 1. The van der Waals surface area contributed by atoms with E-state index in [1.807, 2.05) is 0 Å². The number of hydrogen-bond donors (Lipinski definition) is 0. The first-order valence-corrected chi connectivity index (χ1v) is 7.15. The minimum atomic E-state index is -0.452. The summed E-state index contributed by atoms with van der Waals surface area (Å²) >= 11 is 3.19. The molecule has 0 spiro atoms. The van der Waals surface area contributed by atoms with E-state index in [0.29, 0.717) is 10.4 Å². The SMILES string of the molecule is CCC1CCN(C(=O)c2ccc(Br)cc2F)CC1. The Morgan fingerprint density at radius 3 is 2.67 bits per heavy atom. The predicted octanol–water partition coefficient (Wildman–Crippen LogP) is 3.85. The minimum Gasteiger partial charge on any atom is -0.339 e. The maximum atomic E-state index is 13.7. The zero-order chi connectivity index (χ0) is 13.1. The van der Waals surface area contributed by atoms with Crippen molar-refractivity contribution in [3.05, 3.63) is 34.1 Å². The van der Waals surface area contributed by atoms with Crippen LogP contribution in [0.4, 0.5) is 4.39 Å². The van der Waals surface area contributed by atoms with Crippen LogP contribution < -0.4 is 0 Å². The molecule has 1 aliphatic rings. The molecule has 0 atom stereocenters. The molecule has 1 aromatic rings. The van der Waals surface area contributed by atoms with Gasteiger partial charge >= 0.3 is 0 Å². The highest BCUT2D eigenvalue weighted by molar-refractivity contribution is 9.10. The van der Waals surface area contributed by atoms with Gasteiger partial charge in [-0.1, -0.05) is 29.3 Å². The van der Waals surface area contributed by atoms with E-state index in [0.717, 1.165) is 32.4 Å². The summed E-state index contributed by atoms with van der Waals surface area (Å²) in [5.41, 5.74) is 0.174. The lowest BCUT2D eigenvalue weighted by Gasteiger charge is -2.31. The van der Waals surface area contributed by atoms with Crippen molar-refractivity contribution in [3.63, 3.8) is 0 Å². The number of piperidine rings is 1. The summed E-state index contributed by atoms with van der Waals surface area (Å²) in [7, 11) is 0. The molecule has 1 amide bonds. The second kappa shape index (κ2) is 5.83. The van der Waals surface area contributed by atoms with Gasteiger partial charge < -0.3 is 4.90 Å². The third-order valence-corrected chi connectivity index (χ3v) is 4.13. The first kappa shape index (κ1) is 13.5. The second-order valence-electron chi connectivity index (χ2n) is 4.77. The van der Waals surface area contributed by atoms with Gasteiger partial charge in [-0.15, -0.1) is 0 Å². The van der Waals surface area contributed by atoms with Crippen molar-refractivity contribution in [3.8, 4) is 0 Å².